The molecule has 0 unspecified atom stereocenters. The molecule has 9 aromatic rings. The molecule has 1 aliphatic rings. The first kappa shape index (κ1) is 26.5. The fourth-order valence-electron chi connectivity index (χ4n) is 8.75. The van der Waals surface area contributed by atoms with Crippen molar-refractivity contribution in [2.24, 2.45) is 0 Å². The van der Waals surface area contributed by atoms with E-state index in [9.17, 15) is 0 Å². The van der Waals surface area contributed by atoms with Gasteiger partial charge in [0.2, 0.25) is 0 Å². The van der Waals surface area contributed by atoms with Gasteiger partial charge in [0, 0.05) is 5.41 Å². The highest BCUT2D eigenvalue weighted by Crippen LogP contribution is 2.56. The lowest BCUT2D eigenvalue weighted by Gasteiger charge is -2.26. The van der Waals surface area contributed by atoms with Crippen molar-refractivity contribution in [2.45, 2.75) is 19.3 Å². The van der Waals surface area contributed by atoms with Gasteiger partial charge < -0.3 is 0 Å². The zero-order chi connectivity index (χ0) is 31.3. The van der Waals surface area contributed by atoms with Crippen LogP contribution in [0.2, 0.25) is 0 Å². The average molecular weight is 597 g/mol. The van der Waals surface area contributed by atoms with E-state index >= 15 is 0 Å². The highest BCUT2D eigenvalue weighted by molar-refractivity contribution is 6.23. The van der Waals surface area contributed by atoms with E-state index in [1.54, 1.807) is 0 Å². The Balaban J connectivity index is 1.31. The number of fused-ring (bicyclic) bond motifs is 10. The first-order chi connectivity index (χ1) is 23.1. The van der Waals surface area contributed by atoms with Crippen molar-refractivity contribution in [3.63, 3.8) is 0 Å². The van der Waals surface area contributed by atoms with Gasteiger partial charge in [-0.25, -0.2) is 0 Å². The van der Waals surface area contributed by atoms with Crippen LogP contribution in [0.5, 0.6) is 0 Å². The molecule has 9 aromatic carbocycles. The molecule has 0 saturated carbocycles. The van der Waals surface area contributed by atoms with Crippen LogP contribution < -0.4 is 0 Å². The summed E-state index contributed by atoms with van der Waals surface area (Å²) in [5.41, 5.74) is 10.6. The molecule has 0 radical (unpaired) electrons. The van der Waals surface area contributed by atoms with E-state index in [1.165, 1.54) is 98.4 Å². The predicted octanol–water partition coefficient (Wildman–Crippen LogP) is 13.1. The molecule has 0 atom stereocenters. The Hall–Kier alpha value is -5.72. The number of benzene rings is 9. The van der Waals surface area contributed by atoms with Gasteiger partial charge in [-0.2, -0.15) is 0 Å². The van der Waals surface area contributed by atoms with E-state index in [0.717, 1.165) is 0 Å². The van der Waals surface area contributed by atoms with Crippen LogP contribution in [0.25, 0.3) is 87.2 Å². The third-order valence-electron chi connectivity index (χ3n) is 10.8. The van der Waals surface area contributed by atoms with E-state index < -0.39 is 0 Å². The van der Waals surface area contributed by atoms with Crippen LogP contribution >= 0.6 is 0 Å². The molecule has 10 rings (SSSR count). The zero-order valence-corrected chi connectivity index (χ0v) is 26.5. The maximum atomic E-state index is 2.41. The zero-order valence-electron chi connectivity index (χ0n) is 26.5. The van der Waals surface area contributed by atoms with Gasteiger partial charge in [-0.15, -0.1) is 0 Å². The smallest absolute Gasteiger partial charge is 0.0165 e. The van der Waals surface area contributed by atoms with E-state index in [4.69, 9.17) is 0 Å². The third-order valence-corrected chi connectivity index (χ3v) is 10.8. The van der Waals surface area contributed by atoms with Crippen LogP contribution in [0.4, 0.5) is 0 Å². The van der Waals surface area contributed by atoms with Gasteiger partial charge in [0.05, 0.1) is 0 Å². The third kappa shape index (κ3) is 3.64. The summed E-state index contributed by atoms with van der Waals surface area (Å²) >= 11 is 0. The Bertz CT molecular complexity index is 2700. The normalized spacial score (nSPS) is 13.5. The molecular weight excluding hydrogens is 565 g/mol. The number of rotatable bonds is 2. The van der Waals surface area contributed by atoms with E-state index in [1.807, 2.05) is 0 Å². The number of hydrogen-bond acceptors (Lipinski definition) is 0. The summed E-state index contributed by atoms with van der Waals surface area (Å²) in [6, 6.07) is 58.8. The lowest BCUT2D eigenvalue weighted by Crippen LogP contribution is -2.16. The lowest BCUT2D eigenvalue weighted by molar-refractivity contribution is 0.663. The second kappa shape index (κ2) is 9.64. The Morgan fingerprint density at radius 3 is 1.47 bits per heavy atom. The summed E-state index contributed by atoms with van der Waals surface area (Å²) in [4.78, 5) is 0. The molecule has 0 saturated heterocycles. The summed E-state index contributed by atoms with van der Waals surface area (Å²) in [5, 5.41) is 12.9. The predicted molar refractivity (Wildman–Crippen MR) is 202 cm³/mol. The fourth-order valence-corrected chi connectivity index (χ4v) is 8.75. The van der Waals surface area contributed by atoms with Crippen LogP contribution in [0.1, 0.15) is 25.0 Å². The van der Waals surface area contributed by atoms with Crippen molar-refractivity contribution in [3.8, 4) is 33.4 Å². The molecule has 0 spiro atoms. The molecule has 0 bridgehead atoms. The molecule has 220 valence electrons. The first-order valence-corrected chi connectivity index (χ1v) is 16.6. The number of hydrogen-bond donors (Lipinski definition) is 0. The summed E-state index contributed by atoms with van der Waals surface area (Å²) in [6.45, 7) is 4.82. The van der Waals surface area contributed by atoms with Crippen molar-refractivity contribution in [3.05, 3.63) is 169 Å². The summed E-state index contributed by atoms with van der Waals surface area (Å²) < 4.78 is 0. The van der Waals surface area contributed by atoms with Crippen molar-refractivity contribution in [1.29, 1.82) is 0 Å². The summed E-state index contributed by atoms with van der Waals surface area (Å²) in [6.07, 6.45) is 0. The van der Waals surface area contributed by atoms with Crippen molar-refractivity contribution in [2.75, 3.05) is 0 Å². The molecule has 0 nitrogen and oxygen atoms in total. The minimum atomic E-state index is -0.147. The van der Waals surface area contributed by atoms with Gasteiger partial charge >= 0.3 is 0 Å². The van der Waals surface area contributed by atoms with Crippen LogP contribution in [0.15, 0.2) is 158 Å². The van der Waals surface area contributed by atoms with E-state index in [0.29, 0.717) is 0 Å². The topological polar surface area (TPSA) is 0 Å². The van der Waals surface area contributed by atoms with Crippen LogP contribution in [-0.4, -0.2) is 0 Å². The SMILES string of the molecule is CC1(C)c2ccc3ccccc3c2-c2cccc(-c3c4ccccc4c(-c4ccc5ccc6ccccc6c5c4)c4ccccc34)c21. The van der Waals surface area contributed by atoms with Crippen molar-refractivity contribution in [1.82, 2.24) is 0 Å². The molecule has 0 heteroatoms. The van der Waals surface area contributed by atoms with Gasteiger partial charge in [-0.3, -0.25) is 0 Å². The van der Waals surface area contributed by atoms with Crippen LogP contribution in [0, 0.1) is 0 Å². The molecule has 0 N–H and O–H groups in total. The Labute approximate surface area is 274 Å². The molecule has 0 heterocycles. The second-order valence-electron chi connectivity index (χ2n) is 13.6. The van der Waals surface area contributed by atoms with Gasteiger partial charge in [0.15, 0.2) is 0 Å². The van der Waals surface area contributed by atoms with E-state index in [-0.39, 0.29) is 5.41 Å². The largest absolute Gasteiger partial charge is 0.0616 e. The quantitative estimate of drug-likeness (QED) is 0.138. The van der Waals surface area contributed by atoms with Crippen LogP contribution in [0.3, 0.4) is 0 Å². The molecule has 47 heavy (non-hydrogen) atoms. The van der Waals surface area contributed by atoms with Crippen LogP contribution in [-0.2, 0) is 5.41 Å². The van der Waals surface area contributed by atoms with Crippen molar-refractivity contribution >= 4 is 53.9 Å². The van der Waals surface area contributed by atoms with Gasteiger partial charge in [0.1, 0.15) is 0 Å². The molecule has 0 aromatic heterocycles. The van der Waals surface area contributed by atoms with E-state index in [2.05, 4.69) is 172 Å². The lowest BCUT2D eigenvalue weighted by atomic mass is 9.76. The maximum Gasteiger partial charge on any atom is 0.0165 e. The van der Waals surface area contributed by atoms with Gasteiger partial charge in [0.25, 0.3) is 0 Å². The minimum absolute atomic E-state index is 0.147. The maximum absolute atomic E-state index is 2.41. The standard InChI is InChI=1S/C47H32/c1-47(2)42-27-26-30-13-4-6-15-34(30)45(42)40-21-11-20-39(46(40)47)44-37-18-9-7-16-35(37)43(36-17-8-10-19-38(36)44)32-25-24-31-23-22-29-12-3-5-14-33(29)41(31)28-32/h3-28H,1-2H3. The Kier molecular flexibility index (Phi) is 5.44. The van der Waals surface area contributed by atoms with Gasteiger partial charge in [-0.1, -0.05) is 166 Å². The Morgan fingerprint density at radius 2 is 0.809 bits per heavy atom. The second-order valence-corrected chi connectivity index (χ2v) is 13.6. The highest BCUT2D eigenvalue weighted by atomic mass is 14.4. The molecule has 0 amide bonds. The average Bonchev–Trinajstić information content (AvgIpc) is 3.37. The summed E-state index contributed by atoms with van der Waals surface area (Å²) in [7, 11) is 0. The fraction of sp³-hybridized carbons (Fsp3) is 0.0638. The van der Waals surface area contributed by atoms with Gasteiger partial charge in [-0.05, 0) is 104 Å². The molecule has 0 aliphatic heterocycles. The summed E-state index contributed by atoms with van der Waals surface area (Å²) in [5.74, 6) is 0. The molecular formula is C47H32. The monoisotopic (exact) mass is 596 g/mol. The first-order valence-electron chi connectivity index (χ1n) is 16.6. The molecule has 0 fully saturated rings. The minimum Gasteiger partial charge on any atom is -0.0616 e. The van der Waals surface area contributed by atoms with Crippen molar-refractivity contribution < 1.29 is 0 Å². The molecule has 1 aliphatic carbocycles. The highest BCUT2D eigenvalue weighted by Gasteiger charge is 2.39. The Morgan fingerprint density at radius 1 is 0.340 bits per heavy atom.